The Morgan fingerprint density at radius 2 is 2.16 bits per heavy atom. The summed E-state index contributed by atoms with van der Waals surface area (Å²) in [6.07, 6.45) is 2.44. The van der Waals surface area contributed by atoms with Gasteiger partial charge in [0.25, 0.3) is 0 Å². The second-order valence-corrected chi connectivity index (χ2v) is 7.33. The first kappa shape index (κ1) is 13.2. The first-order valence-electron chi connectivity index (χ1n) is 6.62. The highest BCUT2D eigenvalue weighted by atomic mass is 79.9. The second-order valence-electron chi connectivity index (χ2n) is 4.78. The Kier molecular flexibility index (Phi) is 4.21. The van der Waals surface area contributed by atoms with Crippen molar-refractivity contribution in [2.24, 2.45) is 0 Å². The highest BCUT2D eigenvalue weighted by Crippen LogP contribution is 2.25. The molecule has 2 nitrogen and oxygen atoms in total. The summed E-state index contributed by atoms with van der Waals surface area (Å²) >= 11 is 5.29. The summed E-state index contributed by atoms with van der Waals surface area (Å²) < 4.78 is 1.20. The van der Waals surface area contributed by atoms with Crippen LogP contribution in [-0.4, -0.2) is 6.54 Å². The fourth-order valence-corrected chi connectivity index (χ4v) is 3.97. The van der Waals surface area contributed by atoms with Gasteiger partial charge in [-0.05, 0) is 58.1 Å². The third-order valence-corrected chi connectivity index (χ3v) is 5.06. The topological polar surface area (TPSA) is 24.1 Å². The Hall–Kier alpha value is -0.840. The molecular formula is C15H17BrN2S. The molecule has 1 aromatic heterocycles. The predicted octanol–water partition coefficient (Wildman–Crippen LogP) is 4.16. The molecule has 2 heterocycles. The number of fused-ring (bicyclic) bond motifs is 1. The van der Waals surface area contributed by atoms with E-state index in [0.29, 0.717) is 0 Å². The summed E-state index contributed by atoms with van der Waals surface area (Å²) in [4.78, 5) is 1.37. The van der Waals surface area contributed by atoms with Crippen LogP contribution in [-0.2, 0) is 19.5 Å². The van der Waals surface area contributed by atoms with Gasteiger partial charge in [0.15, 0.2) is 0 Å². The van der Waals surface area contributed by atoms with Gasteiger partial charge in [0.1, 0.15) is 0 Å². The average Bonchev–Trinajstić information content (AvgIpc) is 2.85. The molecule has 3 rings (SSSR count). The van der Waals surface area contributed by atoms with Crippen LogP contribution in [0.2, 0.25) is 0 Å². The fraction of sp³-hybridized carbons (Fsp3) is 0.333. The predicted molar refractivity (Wildman–Crippen MR) is 85.8 cm³/mol. The summed E-state index contributed by atoms with van der Waals surface area (Å²) in [5.74, 6) is 0. The highest BCUT2D eigenvalue weighted by molar-refractivity contribution is 9.11. The van der Waals surface area contributed by atoms with Gasteiger partial charge in [-0.25, -0.2) is 0 Å². The van der Waals surface area contributed by atoms with Crippen LogP contribution in [0.5, 0.6) is 0 Å². The fourth-order valence-electron chi connectivity index (χ4n) is 2.52. The lowest BCUT2D eigenvalue weighted by molar-refractivity contribution is 0.689. The third kappa shape index (κ3) is 3.19. The lowest BCUT2D eigenvalue weighted by Gasteiger charge is -2.21. The maximum absolute atomic E-state index is 3.54. The number of rotatable bonds is 4. The quantitative estimate of drug-likeness (QED) is 0.875. The van der Waals surface area contributed by atoms with E-state index in [1.807, 2.05) is 0 Å². The molecule has 0 saturated heterocycles. The van der Waals surface area contributed by atoms with E-state index in [-0.39, 0.29) is 0 Å². The van der Waals surface area contributed by atoms with Crippen molar-refractivity contribution < 1.29 is 0 Å². The van der Waals surface area contributed by atoms with Gasteiger partial charge in [-0.3, -0.25) is 0 Å². The summed E-state index contributed by atoms with van der Waals surface area (Å²) in [5, 5.41) is 7.03. The van der Waals surface area contributed by atoms with E-state index >= 15 is 0 Å². The minimum atomic E-state index is 0.938. The van der Waals surface area contributed by atoms with Gasteiger partial charge in [-0.2, -0.15) is 0 Å². The molecule has 100 valence electrons. The minimum Gasteiger partial charge on any atom is -0.385 e. The molecule has 0 unspecified atom stereocenters. The standard InChI is InChI=1S/C15H17BrN2S/c16-15-7-6-12(19-15)10-17-9-11-3-1-5-14-13(11)4-2-8-18-14/h1,3,5-7,17-18H,2,4,8-10H2. The molecule has 19 heavy (non-hydrogen) atoms. The van der Waals surface area contributed by atoms with Gasteiger partial charge in [-0.15, -0.1) is 11.3 Å². The van der Waals surface area contributed by atoms with Crippen LogP contribution in [0.25, 0.3) is 0 Å². The van der Waals surface area contributed by atoms with Crippen molar-refractivity contribution in [2.75, 3.05) is 11.9 Å². The molecule has 1 aliphatic heterocycles. The number of halogens is 1. The number of benzene rings is 1. The molecule has 2 aromatic rings. The zero-order valence-corrected chi connectivity index (χ0v) is 13.1. The van der Waals surface area contributed by atoms with Crippen molar-refractivity contribution in [1.82, 2.24) is 5.32 Å². The monoisotopic (exact) mass is 336 g/mol. The number of nitrogens with one attached hydrogen (secondary N) is 2. The summed E-state index contributed by atoms with van der Waals surface area (Å²) in [6, 6.07) is 10.9. The molecule has 0 fully saturated rings. The maximum Gasteiger partial charge on any atom is 0.0701 e. The van der Waals surface area contributed by atoms with Crippen LogP contribution in [0.3, 0.4) is 0 Å². The van der Waals surface area contributed by atoms with E-state index in [9.17, 15) is 0 Å². The van der Waals surface area contributed by atoms with Crippen LogP contribution in [0, 0.1) is 0 Å². The number of hydrogen-bond donors (Lipinski definition) is 2. The molecule has 4 heteroatoms. The SMILES string of the molecule is Brc1ccc(CNCc2cccc3c2CCCN3)s1. The van der Waals surface area contributed by atoms with Crippen LogP contribution in [0.4, 0.5) is 5.69 Å². The molecule has 0 amide bonds. The summed E-state index contributed by atoms with van der Waals surface area (Å²) in [7, 11) is 0. The summed E-state index contributed by atoms with van der Waals surface area (Å²) in [5.41, 5.74) is 4.25. The van der Waals surface area contributed by atoms with Crippen molar-refractivity contribution in [3.05, 3.63) is 50.1 Å². The van der Waals surface area contributed by atoms with E-state index in [1.165, 1.54) is 38.3 Å². The van der Waals surface area contributed by atoms with Crippen LogP contribution in [0.1, 0.15) is 22.4 Å². The van der Waals surface area contributed by atoms with Gasteiger partial charge in [0.2, 0.25) is 0 Å². The van der Waals surface area contributed by atoms with Crippen LogP contribution in [0.15, 0.2) is 34.1 Å². The summed E-state index contributed by atoms with van der Waals surface area (Å²) in [6.45, 7) is 2.99. The zero-order valence-electron chi connectivity index (χ0n) is 10.7. The van der Waals surface area contributed by atoms with Crippen molar-refractivity contribution >= 4 is 33.0 Å². The smallest absolute Gasteiger partial charge is 0.0701 e. The van der Waals surface area contributed by atoms with Gasteiger partial charge < -0.3 is 10.6 Å². The van der Waals surface area contributed by atoms with Crippen molar-refractivity contribution in [1.29, 1.82) is 0 Å². The van der Waals surface area contributed by atoms with Crippen molar-refractivity contribution in [2.45, 2.75) is 25.9 Å². The zero-order chi connectivity index (χ0) is 13.1. The number of hydrogen-bond acceptors (Lipinski definition) is 3. The lowest BCUT2D eigenvalue weighted by Crippen LogP contribution is -2.17. The van der Waals surface area contributed by atoms with Crippen molar-refractivity contribution in [3.63, 3.8) is 0 Å². The van der Waals surface area contributed by atoms with Crippen LogP contribution >= 0.6 is 27.3 Å². The molecule has 0 atom stereocenters. The first-order chi connectivity index (χ1) is 9.33. The van der Waals surface area contributed by atoms with Gasteiger partial charge in [0.05, 0.1) is 3.79 Å². The average molecular weight is 337 g/mol. The Balaban J connectivity index is 1.64. The van der Waals surface area contributed by atoms with E-state index < -0.39 is 0 Å². The van der Waals surface area contributed by atoms with Gasteiger partial charge in [-0.1, -0.05) is 12.1 Å². The largest absolute Gasteiger partial charge is 0.385 e. The van der Waals surface area contributed by atoms with Gasteiger partial charge >= 0.3 is 0 Å². The molecule has 0 spiro atoms. The van der Waals surface area contributed by atoms with E-state index in [4.69, 9.17) is 0 Å². The third-order valence-electron chi connectivity index (χ3n) is 3.44. The molecule has 0 bridgehead atoms. The molecule has 0 radical (unpaired) electrons. The highest BCUT2D eigenvalue weighted by Gasteiger charge is 2.11. The number of thiophene rings is 1. The Bertz CT molecular complexity index is 565. The Morgan fingerprint density at radius 3 is 3.00 bits per heavy atom. The normalized spacial score (nSPS) is 13.9. The molecular weight excluding hydrogens is 320 g/mol. The molecule has 2 N–H and O–H groups in total. The molecule has 1 aliphatic rings. The van der Waals surface area contributed by atoms with E-state index in [0.717, 1.165) is 19.6 Å². The van der Waals surface area contributed by atoms with Gasteiger partial charge in [0, 0.05) is 30.2 Å². The molecule has 1 aromatic carbocycles. The lowest BCUT2D eigenvalue weighted by atomic mass is 9.97. The minimum absolute atomic E-state index is 0.938. The van der Waals surface area contributed by atoms with E-state index in [1.54, 1.807) is 11.3 Å². The second kappa shape index (κ2) is 6.07. The molecule has 0 saturated carbocycles. The Morgan fingerprint density at radius 1 is 1.21 bits per heavy atom. The number of anilines is 1. The van der Waals surface area contributed by atoms with Crippen molar-refractivity contribution in [3.8, 4) is 0 Å². The first-order valence-corrected chi connectivity index (χ1v) is 8.23. The Labute approximate surface area is 126 Å². The van der Waals surface area contributed by atoms with E-state index in [2.05, 4.69) is 56.9 Å². The maximum atomic E-state index is 3.54. The van der Waals surface area contributed by atoms with Crippen LogP contribution < -0.4 is 10.6 Å². The molecule has 0 aliphatic carbocycles.